The fourth-order valence-corrected chi connectivity index (χ4v) is 4.57. The smallest absolute Gasteiger partial charge is 0.253 e. The number of fused-ring (bicyclic) bond motifs is 1. The zero-order chi connectivity index (χ0) is 19.5. The molecular weight excluding hydrogens is 352 g/mol. The van der Waals surface area contributed by atoms with E-state index in [-0.39, 0.29) is 23.5 Å². The number of aryl methyl sites for hydroxylation is 1. The molecule has 1 amide bonds. The molecule has 1 saturated heterocycles. The summed E-state index contributed by atoms with van der Waals surface area (Å²) < 4.78 is 5.80. The molecule has 1 saturated carbocycles. The molecule has 4 rings (SSSR count). The van der Waals surface area contributed by atoms with E-state index < -0.39 is 0 Å². The fraction of sp³-hybridized carbons (Fsp3) is 0.565. The number of H-pyrrole nitrogens is 1. The zero-order valence-electron chi connectivity index (χ0n) is 16.7. The fourth-order valence-electron chi connectivity index (χ4n) is 4.57. The average molecular weight is 383 g/mol. The van der Waals surface area contributed by atoms with Gasteiger partial charge < -0.3 is 14.6 Å². The maximum Gasteiger partial charge on any atom is 0.253 e. The second-order valence-electron chi connectivity index (χ2n) is 8.40. The molecular formula is C23H30N2O3. The van der Waals surface area contributed by atoms with Crippen LogP contribution in [0.15, 0.2) is 29.1 Å². The lowest BCUT2D eigenvalue weighted by Gasteiger charge is -2.31. The molecule has 1 unspecified atom stereocenters. The number of nitrogens with zero attached hydrogens (tertiary/aromatic N) is 1. The van der Waals surface area contributed by atoms with Crippen LogP contribution in [0.4, 0.5) is 0 Å². The molecule has 5 nitrogen and oxygen atoms in total. The highest BCUT2D eigenvalue weighted by Crippen LogP contribution is 2.27. The molecule has 0 bridgehead atoms. The van der Waals surface area contributed by atoms with Crippen LogP contribution in [0.2, 0.25) is 0 Å². The van der Waals surface area contributed by atoms with E-state index in [1.807, 2.05) is 30.0 Å². The number of hydrogen-bond acceptors (Lipinski definition) is 3. The molecule has 2 heterocycles. The van der Waals surface area contributed by atoms with Gasteiger partial charge >= 0.3 is 0 Å². The first-order valence-electron chi connectivity index (χ1n) is 10.6. The molecule has 150 valence electrons. The van der Waals surface area contributed by atoms with Crippen molar-refractivity contribution in [1.29, 1.82) is 0 Å². The highest BCUT2D eigenvalue weighted by atomic mass is 16.5. The van der Waals surface area contributed by atoms with Crippen LogP contribution in [0.25, 0.3) is 10.9 Å². The van der Waals surface area contributed by atoms with E-state index in [1.165, 1.54) is 6.42 Å². The van der Waals surface area contributed by atoms with Gasteiger partial charge in [-0.15, -0.1) is 0 Å². The van der Waals surface area contributed by atoms with Crippen LogP contribution in [-0.2, 0) is 16.1 Å². The second-order valence-corrected chi connectivity index (χ2v) is 8.40. The van der Waals surface area contributed by atoms with Gasteiger partial charge in [0.05, 0.1) is 12.6 Å². The summed E-state index contributed by atoms with van der Waals surface area (Å²) in [4.78, 5) is 30.8. The van der Waals surface area contributed by atoms with Crippen LogP contribution in [0.3, 0.4) is 0 Å². The summed E-state index contributed by atoms with van der Waals surface area (Å²) in [6, 6.07) is 7.95. The van der Waals surface area contributed by atoms with Crippen LogP contribution in [0.1, 0.15) is 56.1 Å². The highest BCUT2D eigenvalue weighted by molar-refractivity contribution is 5.81. The normalized spacial score (nSPS) is 20.5. The van der Waals surface area contributed by atoms with Crippen molar-refractivity contribution in [3.05, 3.63) is 45.7 Å². The molecule has 2 aromatic rings. The Morgan fingerprint density at radius 2 is 1.96 bits per heavy atom. The summed E-state index contributed by atoms with van der Waals surface area (Å²) in [5.74, 6) is 0.288. The molecule has 1 N–H and O–H groups in total. The quantitative estimate of drug-likeness (QED) is 0.852. The van der Waals surface area contributed by atoms with Crippen LogP contribution in [-0.4, -0.2) is 35.0 Å². The number of rotatable bonds is 5. The van der Waals surface area contributed by atoms with Crippen LogP contribution in [0, 0.1) is 12.8 Å². The third-order valence-electron chi connectivity index (χ3n) is 6.15. The minimum atomic E-state index is -0.106. The number of pyridine rings is 1. The Hall–Kier alpha value is -2.14. The van der Waals surface area contributed by atoms with Crippen LogP contribution < -0.4 is 5.56 Å². The number of aromatic nitrogens is 1. The molecule has 1 atom stereocenters. The lowest BCUT2D eigenvalue weighted by atomic mass is 9.88. The number of amides is 1. The molecule has 1 aliphatic carbocycles. The van der Waals surface area contributed by atoms with Crippen molar-refractivity contribution < 1.29 is 9.53 Å². The predicted octanol–water partition coefficient (Wildman–Crippen LogP) is 3.92. The molecule has 2 fully saturated rings. The van der Waals surface area contributed by atoms with Gasteiger partial charge in [0, 0.05) is 30.1 Å². The minimum Gasteiger partial charge on any atom is -0.376 e. The molecule has 2 aliphatic rings. The highest BCUT2D eigenvalue weighted by Gasteiger charge is 2.29. The van der Waals surface area contributed by atoms with Crippen molar-refractivity contribution in [2.24, 2.45) is 5.92 Å². The molecule has 1 aromatic carbocycles. The van der Waals surface area contributed by atoms with Crippen molar-refractivity contribution in [2.75, 3.05) is 13.2 Å². The number of carbonyl (C=O) groups is 1. The van der Waals surface area contributed by atoms with E-state index in [2.05, 4.69) is 11.1 Å². The Morgan fingerprint density at radius 3 is 2.71 bits per heavy atom. The lowest BCUT2D eigenvalue weighted by Crippen LogP contribution is -2.42. The van der Waals surface area contributed by atoms with Crippen LogP contribution in [0.5, 0.6) is 0 Å². The first-order valence-corrected chi connectivity index (χ1v) is 10.6. The van der Waals surface area contributed by atoms with Gasteiger partial charge in [0.2, 0.25) is 5.91 Å². The van der Waals surface area contributed by atoms with Crippen molar-refractivity contribution in [1.82, 2.24) is 9.88 Å². The number of nitrogens with one attached hydrogen (secondary N) is 1. The van der Waals surface area contributed by atoms with Gasteiger partial charge in [-0.2, -0.15) is 0 Å². The van der Waals surface area contributed by atoms with Crippen molar-refractivity contribution in [3.63, 3.8) is 0 Å². The van der Waals surface area contributed by atoms with E-state index in [0.29, 0.717) is 18.7 Å². The number of carbonyl (C=O) groups excluding carboxylic acids is 1. The standard InChI is InChI=1S/C23H30N2O3/c1-16-9-10-21-18(12-16)13-19(22(26)24-21)14-25(15-20-8-5-11-28-20)23(27)17-6-3-2-4-7-17/h9-10,12-13,17,20H,2-8,11,14-15H2,1H3,(H,24,26). The Labute approximate surface area is 166 Å². The van der Waals surface area contributed by atoms with E-state index in [9.17, 15) is 9.59 Å². The first-order chi connectivity index (χ1) is 13.6. The van der Waals surface area contributed by atoms with Crippen molar-refractivity contribution >= 4 is 16.8 Å². The summed E-state index contributed by atoms with van der Waals surface area (Å²) >= 11 is 0. The minimum absolute atomic E-state index is 0.0920. The second kappa shape index (κ2) is 8.48. The third kappa shape index (κ3) is 4.30. The van der Waals surface area contributed by atoms with Crippen molar-refractivity contribution in [2.45, 2.75) is 64.5 Å². The number of benzene rings is 1. The summed E-state index contributed by atoms with van der Waals surface area (Å²) in [7, 11) is 0. The maximum atomic E-state index is 13.3. The Bertz CT molecular complexity index is 892. The summed E-state index contributed by atoms with van der Waals surface area (Å²) in [6.45, 7) is 3.75. The molecule has 28 heavy (non-hydrogen) atoms. The van der Waals surface area contributed by atoms with E-state index >= 15 is 0 Å². The zero-order valence-corrected chi connectivity index (χ0v) is 16.7. The molecule has 1 aliphatic heterocycles. The van der Waals surface area contributed by atoms with Gasteiger partial charge in [0.25, 0.3) is 5.56 Å². The van der Waals surface area contributed by atoms with Gasteiger partial charge in [-0.25, -0.2) is 0 Å². The number of ether oxygens (including phenoxy) is 1. The molecule has 5 heteroatoms. The summed E-state index contributed by atoms with van der Waals surface area (Å²) in [6.07, 6.45) is 7.53. The van der Waals surface area contributed by atoms with E-state index in [4.69, 9.17) is 4.74 Å². The summed E-state index contributed by atoms with van der Waals surface area (Å²) in [5.41, 5.74) is 2.54. The van der Waals surface area contributed by atoms with E-state index in [0.717, 1.165) is 61.6 Å². The van der Waals surface area contributed by atoms with Crippen molar-refractivity contribution in [3.8, 4) is 0 Å². The third-order valence-corrected chi connectivity index (χ3v) is 6.15. The predicted molar refractivity (Wildman–Crippen MR) is 110 cm³/mol. The monoisotopic (exact) mass is 382 g/mol. The topological polar surface area (TPSA) is 62.4 Å². The largest absolute Gasteiger partial charge is 0.376 e. The molecule has 0 radical (unpaired) electrons. The van der Waals surface area contributed by atoms with E-state index in [1.54, 1.807) is 0 Å². The van der Waals surface area contributed by atoms with Gasteiger partial charge in [-0.05, 0) is 56.2 Å². The van der Waals surface area contributed by atoms with Gasteiger partial charge in [-0.1, -0.05) is 30.9 Å². The Morgan fingerprint density at radius 1 is 1.14 bits per heavy atom. The van der Waals surface area contributed by atoms with Crippen LogP contribution >= 0.6 is 0 Å². The average Bonchev–Trinajstić information content (AvgIpc) is 3.21. The number of aromatic amines is 1. The van der Waals surface area contributed by atoms with Gasteiger partial charge in [-0.3, -0.25) is 9.59 Å². The Kier molecular flexibility index (Phi) is 5.81. The summed E-state index contributed by atoms with van der Waals surface area (Å²) in [5, 5.41) is 1.01. The SMILES string of the molecule is Cc1ccc2[nH]c(=O)c(CN(CC3CCCO3)C(=O)C3CCCCC3)cc2c1. The molecule has 0 spiro atoms. The van der Waals surface area contributed by atoms with Gasteiger partial charge in [0.15, 0.2) is 0 Å². The molecule has 1 aromatic heterocycles. The maximum absolute atomic E-state index is 13.3. The lowest BCUT2D eigenvalue weighted by molar-refractivity contribution is -0.138. The van der Waals surface area contributed by atoms with Gasteiger partial charge in [0.1, 0.15) is 0 Å². The number of hydrogen-bond donors (Lipinski definition) is 1. The Balaban J connectivity index is 1.60. The first kappa shape index (κ1) is 19.2.